The maximum Gasteiger partial charge on any atom is 0.281 e. The number of anilines is 2. The summed E-state index contributed by atoms with van der Waals surface area (Å²) < 4.78 is 1.82. The number of hydrogen-bond acceptors (Lipinski definition) is 6. The molecule has 0 radical (unpaired) electrons. The molecule has 4 aromatic rings. The van der Waals surface area contributed by atoms with Crippen LogP contribution in [0.15, 0.2) is 64.9 Å². The highest BCUT2D eigenvalue weighted by Gasteiger charge is 2.28. The number of aromatic nitrogens is 3. The normalized spacial score (nSPS) is 14.4. The van der Waals surface area contributed by atoms with E-state index < -0.39 is 0 Å². The lowest BCUT2D eigenvalue weighted by Gasteiger charge is -2.38. The number of para-hydroxylation sites is 2. The van der Waals surface area contributed by atoms with E-state index in [0.717, 1.165) is 42.3 Å². The molecule has 0 bridgehead atoms. The molecule has 1 unspecified atom stereocenters. The van der Waals surface area contributed by atoms with Gasteiger partial charge in [-0.25, -0.2) is 9.97 Å². The van der Waals surface area contributed by atoms with E-state index in [9.17, 15) is 4.79 Å². The summed E-state index contributed by atoms with van der Waals surface area (Å²) in [5, 5.41) is 3.48. The molecule has 0 spiro atoms. The van der Waals surface area contributed by atoms with Crippen molar-refractivity contribution in [3.05, 3.63) is 81.8 Å². The maximum atomic E-state index is 13.4. The largest absolute Gasteiger partial charge is 0.382 e. The van der Waals surface area contributed by atoms with E-state index in [-0.39, 0.29) is 11.6 Å². The van der Waals surface area contributed by atoms with Crippen molar-refractivity contribution >= 4 is 33.1 Å². The molecule has 0 aliphatic carbocycles. The highest BCUT2D eigenvalue weighted by molar-refractivity contribution is 7.16. The first-order valence-corrected chi connectivity index (χ1v) is 11.1. The first kappa shape index (κ1) is 18.8. The minimum absolute atomic E-state index is 0.00355. The monoisotopic (exact) mass is 417 g/mol. The zero-order chi connectivity index (χ0) is 20.5. The van der Waals surface area contributed by atoms with Crippen LogP contribution in [-0.2, 0) is 6.54 Å². The topological polar surface area (TPSA) is 63.1 Å². The minimum atomic E-state index is -0.0676. The smallest absolute Gasteiger partial charge is 0.281 e. The van der Waals surface area contributed by atoms with Gasteiger partial charge in [-0.05, 0) is 24.1 Å². The van der Waals surface area contributed by atoms with Crippen LogP contribution in [0.25, 0.3) is 10.3 Å². The molecule has 0 saturated heterocycles. The SMILES string of the molecule is CCC(c1nc2scnc2c(=O)n1Cc1ccccc1)N1CCNc2ccccc21. The van der Waals surface area contributed by atoms with Crippen molar-refractivity contribution < 1.29 is 0 Å². The molecule has 1 aliphatic rings. The second-order valence-corrected chi connectivity index (χ2v) is 8.25. The number of nitrogens with zero attached hydrogens (tertiary/aromatic N) is 4. The first-order chi connectivity index (χ1) is 14.8. The number of thiazole rings is 1. The second-order valence-electron chi connectivity index (χ2n) is 7.41. The molecule has 1 aliphatic heterocycles. The van der Waals surface area contributed by atoms with E-state index in [2.05, 4.69) is 40.3 Å². The van der Waals surface area contributed by atoms with Crippen molar-refractivity contribution in [3.63, 3.8) is 0 Å². The molecule has 1 atom stereocenters. The summed E-state index contributed by atoms with van der Waals surface area (Å²) in [6, 6.07) is 18.4. The molecule has 2 aromatic heterocycles. The molecular weight excluding hydrogens is 394 g/mol. The number of fused-ring (bicyclic) bond motifs is 2. The molecule has 0 fully saturated rings. The fourth-order valence-corrected chi connectivity index (χ4v) is 4.86. The highest BCUT2D eigenvalue weighted by Crippen LogP contribution is 2.36. The van der Waals surface area contributed by atoms with Crippen LogP contribution in [0.5, 0.6) is 0 Å². The van der Waals surface area contributed by atoms with E-state index in [1.165, 1.54) is 11.3 Å². The van der Waals surface area contributed by atoms with Gasteiger partial charge in [0.15, 0.2) is 10.3 Å². The summed E-state index contributed by atoms with van der Waals surface area (Å²) in [6.07, 6.45) is 0.847. The second kappa shape index (κ2) is 7.91. The van der Waals surface area contributed by atoms with Crippen LogP contribution in [0.3, 0.4) is 0 Å². The Hall–Kier alpha value is -3.19. The van der Waals surface area contributed by atoms with Gasteiger partial charge in [-0.3, -0.25) is 9.36 Å². The number of nitrogens with one attached hydrogen (secondary N) is 1. The Morgan fingerprint density at radius 1 is 1.13 bits per heavy atom. The molecule has 7 heteroatoms. The molecule has 30 heavy (non-hydrogen) atoms. The van der Waals surface area contributed by atoms with Gasteiger partial charge in [0.05, 0.1) is 29.5 Å². The Morgan fingerprint density at radius 2 is 1.93 bits per heavy atom. The van der Waals surface area contributed by atoms with Crippen LogP contribution in [0, 0.1) is 0 Å². The number of hydrogen-bond donors (Lipinski definition) is 1. The molecule has 1 N–H and O–H groups in total. The van der Waals surface area contributed by atoms with Gasteiger partial charge in [0.2, 0.25) is 0 Å². The van der Waals surface area contributed by atoms with E-state index in [1.54, 1.807) is 5.51 Å². The lowest BCUT2D eigenvalue weighted by Crippen LogP contribution is -2.40. The van der Waals surface area contributed by atoms with Crippen molar-refractivity contribution in [3.8, 4) is 0 Å². The van der Waals surface area contributed by atoms with Gasteiger partial charge in [-0.2, -0.15) is 0 Å². The quantitative estimate of drug-likeness (QED) is 0.525. The zero-order valence-electron chi connectivity index (χ0n) is 16.8. The Morgan fingerprint density at radius 3 is 2.77 bits per heavy atom. The third-order valence-corrected chi connectivity index (χ3v) is 6.33. The Balaban J connectivity index is 1.67. The van der Waals surface area contributed by atoms with Crippen molar-refractivity contribution in [1.82, 2.24) is 14.5 Å². The van der Waals surface area contributed by atoms with Crippen molar-refractivity contribution in [2.24, 2.45) is 0 Å². The van der Waals surface area contributed by atoms with Crippen LogP contribution in [0.4, 0.5) is 11.4 Å². The van der Waals surface area contributed by atoms with Crippen LogP contribution in [0.1, 0.15) is 30.8 Å². The van der Waals surface area contributed by atoms with Gasteiger partial charge < -0.3 is 10.2 Å². The molecule has 5 rings (SSSR count). The Kier molecular flexibility index (Phi) is 4.96. The summed E-state index contributed by atoms with van der Waals surface area (Å²) in [4.78, 5) is 25.7. The van der Waals surface area contributed by atoms with Crippen LogP contribution < -0.4 is 15.8 Å². The predicted molar refractivity (Wildman–Crippen MR) is 123 cm³/mol. The van der Waals surface area contributed by atoms with Crippen LogP contribution >= 0.6 is 11.3 Å². The van der Waals surface area contributed by atoms with Crippen LogP contribution in [0.2, 0.25) is 0 Å². The summed E-state index contributed by atoms with van der Waals surface area (Å²) in [7, 11) is 0. The van der Waals surface area contributed by atoms with Gasteiger partial charge in [0.25, 0.3) is 5.56 Å². The summed E-state index contributed by atoms with van der Waals surface area (Å²) in [6.45, 7) is 4.36. The van der Waals surface area contributed by atoms with Gasteiger partial charge in [-0.1, -0.05) is 49.4 Å². The number of rotatable bonds is 5. The lowest BCUT2D eigenvalue weighted by atomic mass is 10.1. The average molecular weight is 418 g/mol. The Bertz CT molecular complexity index is 1230. The molecule has 0 saturated carbocycles. The van der Waals surface area contributed by atoms with Gasteiger partial charge >= 0.3 is 0 Å². The van der Waals surface area contributed by atoms with E-state index in [1.807, 2.05) is 41.0 Å². The van der Waals surface area contributed by atoms with Crippen LogP contribution in [-0.4, -0.2) is 27.6 Å². The molecule has 2 aromatic carbocycles. The molecule has 0 amide bonds. The lowest BCUT2D eigenvalue weighted by molar-refractivity contribution is 0.528. The zero-order valence-corrected chi connectivity index (χ0v) is 17.6. The standard InChI is InChI=1S/C23H23N5OS/c1-2-18(27-13-12-24-17-10-6-7-11-19(17)27)21-26-22-20(25-15-30-22)23(29)28(21)14-16-8-4-3-5-9-16/h3-11,15,18,24H,2,12-14H2,1H3. The third kappa shape index (κ3) is 3.25. The van der Waals surface area contributed by atoms with Crippen molar-refractivity contribution in [2.75, 3.05) is 23.3 Å². The molecule has 6 nitrogen and oxygen atoms in total. The maximum absolute atomic E-state index is 13.4. The number of benzene rings is 2. The summed E-state index contributed by atoms with van der Waals surface area (Å²) >= 11 is 1.42. The minimum Gasteiger partial charge on any atom is -0.382 e. The van der Waals surface area contributed by atoms with E-state index in [4.69, 9.17) is 4.98 Å². The third-order valence-electron chi connectivity index (χ3n) is 5.62. The molecule has 3 heterocycles. The van der Waals surface area contributed by atoms with E-state index in [0.29, 0.717) is 16.9 Å². The molecular formula is C23H23N5OS. The highest BCUT2D eigenvalue weighted by atomic mass is 32.1. The predicted octanol–water partition coefficient (Wildman–Crippen LogP) is 4.28. The van der Waals surface area contributed by atoms with Crippen molar-refractivity contribution in [1.29, 1.82) is 0 Å². The van der Waals surface area contributed by atoms with E-state index >= 15 is 0 Å². The summed E-state index contributed by atoms with van der Waals surface area (Å²) in [5.41, 5.74) is 5.44. The summed E-state index contributed by atoms with van der Waals surface area (Å²) in [5.74, 6) is 0.805. The molecule has 152 valence electrons. The fourth-order valence-electron chi connectivity index (χ4n) is 4.21. The average Bonchev–Trinajstić information content (AvgIpc) is 3.26. The Labute approximate surface area is 178 Å². The van der Waals surface area contributed by atoms with Gasteiger partial charge in [-0.15, -0.1) is 11.3 Å². The fraction of sp³-hybridized carbons (Fsp3) is 0.261. The first-order valence-electron chi connectivity index (χ1n) is 10.2. The van der Waals surface area contributed by atoms with Gasteiger partial charge in [0, 0.05) is 13.1 Å². The van der Waals surface area contributed by atoms with Crippen molar-refractivity contribution in [2.45, 2.75) is 25.9 Å². The van der Waals surface area contributed by atoms with Gasteiger partial charge in [0.1, 0.15) is 5.82 Å².